The molecule has 0 saturated carbocycles. The summed E-state index contributed by atoms with van der Waals surface area (Å²) in [4.78, 5) is 21.3. The van der Waals surface area contributed by atoms with Crippen molar-refractivity contribution < 1.29 is 57.6 Å². The van der Waals surface area contributed by atoms with E-state index in [9.17, 15) is 24.9 Å². The van der Waals surface area contributed by atoms with Crippen LogP contribution in [0.5, 0.6) is 46.0 Å². The summed E-state index contributed by atoms with van der Waals surface area (Å²) in [6, 6.07) is 21.5. The monoisotopic (exact) mass is 1120 g/mol. The summed E-state index contributed by atoms with van der Waals surface area (Å²) in [6.45, 7) is 4.03. The summed E-state index contributed by atoms with van der Waals surface area (Å²) in [5.74, 6) is 2.37. The number of fused-ring (bicyclic) bond motifs is 2. The van der Waals surface area contributed by atoms with E-state index in [2.05, 4.69) is 62.6 Å². The molecule has 4 unspecified atom stereocenters. The highest BCUT2D eigenvalue weighted by Crippen LogP contribution is 2.53. The summed E-state index contributed by atoms with van der Waals surface area (Å²) in [7, 11) is 9.90. The highest BCUT2D eigenvalue weighted by atomic mass is 16.5. The Balaban J connectivity index is 1.09. The molecular weight excluding hydrogens is 1020 g/mol. The van der Waals surface area contributed by atoms with Crippen LogP contribution in [0, 0.1) is 0 Å². The molecule has 8 rings (SSSR count). The number of phenols is 1. The Morgan fingerprint density at radius 2 is 0.914 bits per heavy atom. The van der Waals surface area contributed by atoms with Crippen molar-refractivity contribution in [3.63, 3.8) is 0 Å². The van der Waals surface area contributed by atoms with Crippen LogP contribution in [0.3, 0.4) is 0 Å². The van der Waals surface area contributed by atoms with Gasteiger partial charge in [-0.25, -0.2) is 0 Å². The van der Waals surface area contributed by atoms with Crippen molar-refractivity contribution in [2.45, 2.75) is 218 Å². The van der Waals surface area contributed by atoms with E-state index in [0.717, 1.165) is 128 Å². The molecule has 4 aromatic carbocycles. The van der Waals surface area contributed by atoms with Gasteiger partial charge in [-0.3, -0.25) is 0 Å². The highest BCUT2D eigenvalue weighted by molar-refractivity contribution is 5.65. The lowest BCUT2D eigenvalue weighted by Crippen LogP contribution is -2.52. The van der Waals surface area contributed by atoms with Gasteiger partial charge in [0.05, 0.1) is 67.2 Å². The maximum atomic E-state index is 12.4. The predicted molar refractivity (Wildman–Crippen MR) is 319 cm³/mol. The molecule has 446 valence electrons. The molecule has 0 aliphatic carbocycles. The Morgan fingerprint density at radius 1 is 0.494 bits per heavy atom. The first-order chi connectivity index (χ1) is 39.3. The standard InChI is InChI=1S/C69H100N2O10/c1-70(42-30-26-22-18-14-10-6-8-12-16-20-24-28-32-65(72)73)44-40-54-49-61(78-4)63-51-57(54)58(70)46-52-34-37-56(38-35-52)80-62-48-53(36-39-60(62)77-3)47-59-67-55(50-64(79-5)68(76)69(67)81-63)41-45-71(59,2)43-31-27-23-19-15-11-7-9-13-17-21-25-29-33-66(74)75/h34-39,48-51,58-59H,6-33,40-47H2,1-5H3,(H-2,72,73,74,75,76). The third kappa shape index (κ3) is 18.5. The second kappa shape index (κ2) is 32.4. The number of methoxy groups -OCH3 is 3. The summed E-state index contributed by atoms with van der Waals surface area (Å²) >= 11 is 0. The summed E-state index contributed by atoms with van der Waals surface area (Å²) in [5, 5.41) is 33.8. The second-order valence-electron chi connectivity index (χ2n) is 24.6. The zero-order chi connectivity index (χ0) is 57.5. The van der Waals surface area contributed by atoms with Crippen molar-refractivity contribution in [2.24, 2.45) is 0 Å². The van der Waals surface area contributed by atoms with Gasteiger partial charge in [0.1, 0.15) is 17.8 Å². The molecular formula is C69H100N2O10. The average molecular weight is 1120 g/mol. The number of likely N-dealkylation sites (N-methyl/N-ethyl adjacent to an activating group) is 2. The highest BCUT2D eigenvalue weighted by Gasteiger charge is 2.44. The first-order valence-corrected chi connectivity index (χ1v) is 31.7. The van der Waals surface area contributed by atoms with Crippen LogP contribution in [0.15, 0.2) is 60.7 Å². The largest absolute Gasteiger partial charge is 0.550 e. The molecule has 0 spiro atoms. The zero-order valence-electron chi connectivity index (χ0n) is 50.4. The Labute approximate surface area is 486 Å². The lowest BCUT2D eigenvalue weighted by Gasteiger charge is -2.47. The summed E-state index contributed by atoms with van der Waals surface area (Å²) < 4.78 is 33.9. The van der Waals surface area contributed by atoms with Gasteiger partial charge in [0, 0.05) is 43.2 Å². The lowest BCUT2D eigenvalue weighted by molar-refractivity contribution is -0.941. The molecule has 4 aromatic rings. The minimum atomic E-state index is -0.937. The Hall–Kier alpha value is -5.46. The fourth-order valence-corrected chi connectivity index (χ4v) is 13.5. The smallest absolute Gasteiger partial charge is 0.201 e. The van der Waals surface area contributed by atoms with Crippen molar-refractivity contribution in [1.82, 2.24) is 0 Å². The van der Waals surface area contributed by atoms with Gasteiger partial charge < -0.3 is 57.6 Å². The van der Waals surface area contributed by atoms with E-state index < -0.39 is 11.9 Å². The third-order valence-corrected chi connectivity index (χ3v) is 18.5. The van der Waals surface area contributed by atoms with Gasteiger partial charge in [-0.1, -0.05) is 147 Å². The first-order valence-electron chi connectivity index (χ1n) is 31.7. The van der Waals surface area contributed by atoms with E-state index in [4.69, 9.17) is 23.7 Å². The van der Waals surface area contributed by atoms with Crippen molar-refractivity contribution in [1.29, 1.82) is 0 Å². The molecule has 1 N–H and O–H groups in total. The number of rotatable bonds is 35. The molecule has 0 radical (unpaired) electrons. The van der Waals surface area contributed by atoms with Crippen LogP contribution < -0.4 is 33.9 Å². The van der Waals surface area contributed by atoms with Crippen LogP contribution in [0.1, 0.15) is 225 Å². The van der Waals surface area contributed by atoms with Crippen molar-refractivity contribution in [2.75, 3.05) is 61.6 Å². The van der Waals surface area contributed by atoms with Gasteiger partial charge >= 0.3 is 0 Å². The van der Waals surface area contributed by atoms with Gasteiger partial charge in [-0.2, -0.15) is 0 Å². The molecule has 12 heteroatoms. The van der Waals surface area contributed by atoms with Gasteiger partial charge in [-0.05, 0) is 116 Å². The maximum Gasteiger partial charge on any atom is 0.201 e. The minimum absolute atomic E-state index is 0.00726. The minimum Gasteiger partial charge on any atom is -0.550 e. The number of benzene rings is 4. The number of quaternary nitrogens is 2. The van der Waals surface area contributed by atoms with E-state index in [1.807, 2.05) is 12.1 Å². The molecule has 6 bridgehead atoms. The number of carbonyl (C=O) groups is 2. The van der Waals surface area contributed by atoms with Crippen LogP contribution in [-0.2, 0) is 35.3 Å². The number of carboxylic acids is 2. The van der Waals surface area contributed by atoms with Gasteiger partial charge in [-0.15, -0.1) is 0 Å². The number of nitrogens with zero attached hydrogens (tertiary/aromatic N) is 2. The van der Waals surface area contributed by atoms with Crippen LogP contribution >= 0.6 is 0 Å². The number of hydrogen-bond acceptors (Lipinski definition) is 10. The van der Waals surface area contributed by atoms with Gasteiger partial charge in [0.25, 0.3) is 0 Å². The Morgan fingerprint density at radius 3 is 1.41 bits per heavy atom. The Bertz CT molecular complexity index is 2580. The Kier molecular flexibility index (Phi) is 25.3. The molecule has 81 heavy (non-hydrogen) atoms. The second-order valence-corrected chi connectivity index (χ2v) is 24.6. The number of aliphatic carboxylic acids is 2. The number of phenolic OH excluding ortho intramolecular Hbond substituents is 1. The van der Waals surface area contributed by atoms with Crippen molar-refractivity contribution in [3.05, 3.63) is 94.0 Å². The van der Waals surface area contributed by atoms with Crippen molar-refractivity contribution >= 4 is 11.9 Å². The van der Waals surface area contributed by atoms with Crippen LogP contribution in [0.25, 0.3) is 0 Å². The van der Waals surface area contributed by atoms with Gasteiger partial charge in [0.2, 0.25) is 5.75 Å². The number of unbranched alkanes of at least 4 members (excludes halogenated alkanes) is 24. The van der Waals surface area contributed by atoms with E-state index >= 15 is 0 Å². The molecule has 0 saturated heterocycles. The molecule has 4 atom stereocenters. The first kappa shape index (κ1) is 63.1. The molecule has 0 aromatic heterocycles. The zero-order valence-corrected chi connectivity index (χ0v) is 50.4. The van der Waals surface area contributed by atoms with E-state index in [1.165, 1.54) is 132 Å². The third-order valence-electron chi connectivity index (χ3n) is 18.5. The number of ether oxygens (including phenoxy) is 5. The summed E-state index contributed by atoms with van der Waals surface area (Å²) in [6.07, 6.45) is 33.9. The van der Waals surface area contributed by atoms with E-state index in [-0.39, 0.29) is 30.7 Å². The fraction of sp³-hybridized carbons (Fsp3) is 0.623. The van der Waals surface area contributed by atoms with E-state index in [1.54, 1.807) is 21.3 Å². The normalized spacial score (nSPS) is 19.2. The quantitative estimate of drug-likeness (QED) is 0.0349. The van der Waals surface area contributed by atoms with Crippen LogP contribution in [0.4, 0.5) is 0 Å². The maximum absolute atomic E-state index is 12.4. The van der Waals surface area contributed by atoms with Crippen LogP contribution in [-0.4, -0.2) is 87.6 Å². The average Bonchev–Trinajstić information content (AvgIpc) is 3.56. The molecule has 4 aliphatic rings. The lowest BCUT2D eigenvalue weighted by atomic mass is 9.84. The molecule has 12 nitrogen and oxygen atoms in total. The number of carbonyl (C=O) groups excluding carboxylic acids is 2. The van der Waals surface area contributed by atoms with Gasteiger partial charge in [0.15, 0.2) is 34.5 Å². The predicted octanol–water partition coefficient (Wildman–Crippen LogP) is 14.3. The fourth-order valence-electron chi connectivity index (χ4n) is 13.5. The number of hydrogen-bond donors (Lipinski definition) is 1. The molecule has 0 amide bonds. The molecule has 4 heterocycles. The van der Waals surface area contributed by atoms with E-state index in [0.29, 0.717) is 40.9 Å². The number of carboxylic acid groups (broad SMARTS) is 2. The topological polar surface area (TPSA) is 147 Å². The molecule has 4 aliphatic heterocycles. The van der Waals surface area contributed by atoms with Crippen molar-refractivity contribution in [3.8, 4) is 46.0 Å². The SMILES string of the molecule is COc1ccc2cc1Oc1ccc(cc1)CC1c3cc(c(OC)cc3CC[N+]1(C)CCCCCCCCCCCCCCCC(=O)[O-])Oc1c(O)c(OC)cc3c1C(C2)[N+](C)(CCCCCCCCCCCCCCCC(=O)[O-])CC3. The van der Waals surface area contributed by atoms with Crippen LogP contribution in [0.2, 0.25) is 0 Å². The summed E-state index contributed by atoms with van der Waals surface area (Å²) in [5.41, 5.74) is 7.05. The molecule has 0 fully saturated rings. The number of aromatic hydroxyl groups is 1.